The van der Waals surface area contributed by atoms with Crippen LogP contribution in [0.1, 0.15) is 15.9 Å². The number of anilines is 10. The van der Waals surface area contributed by atoms with E-state index in [4.69, 9.17) is 28.9 Å². The second-order valence-corrected chi connectivity index (χ2v) is 25.1. The molecule has 82 heavy (non-hydrogen) atoms. The summed E-state index contributed by atoms with van der Waals surface area (Å²) in [5, 5.41) is 20.7. The zero-order valence-corrected chi connectivity index (χ0v) is 45.9. The summed E-state index contributed by atoms with van der Waals surface area (Å²) < 4.78 is 208. The SMILES string of the molecule is Nc1c(N=Nc2cc(Nc3nc(Cl)nc(Nc4cccc(S(=O)(=O)O)c4)n3)ccc2S(=O)(=O)O)c(S(=O)(=O)O)cc2c1C(=O)C(=NNc1cc(Nc3nc(Cl)nc(Nc4cccc(S(=O)(=O)O)c4)n3)ccc1S(=O)(=O)O)C(S(=O)(=O)O)=C2. The van der Waals surface area contributed by atoms with Crippen molar-refractivity contribution in [3.8, 4) is 0 Å². The third-order valence-corrected chi connectivity index (χ3v) is 16.0. The molecule has 0 aliphatic heterocycles. The molecule has 5 aromatic carbocycles. The Hall–Kier alpha value is -8.36. The number of allylic oxidation sites excluding steroid dienone is 1. The van der Waals surface area contributed by atoms with Crippen LogP contribution in [0.5, 0.6) is 0 Å². The predicted octanol–water partition coefficient (Wildman–Crippen LogP) is 5.46. The molecule has 0 bridgehead atoms. The number of fused-ring (bicyclic) bond motifs is 1. The molecule has 0 unspecified atom stereocenters. The van der Waals surface area contributed by atoms with Gasteiger partial charge < -0.3 is 27.0 Å². The predicted molar refractivity (Wildman–Crippen MR) is 288 cm³/mol. The quantitative estimate of drug-likeness (QED) is 0.0219. The van der Waals surface area contributed by atoms with Crippen LogP contribution in [-0.2, 0) is 60.7 Å². The Labute approximate surface area is 470 Å². The van der Waals surface area contributed by atoms with Crippen molar-refractivity contribution in [3.05, 3.63) is 118 Å². The molecule has 7 aromatic rings. The molecule has 1 aliphatic rings. The maximum Gasteiger partial charge on any atom is 0.296 e. The number of azo groups is 1. The maximum absolute atomic E-state index is 14.4. The van der Waals surface area contributed by atoms with Gasteiger partial charge in [-0.05, 0) is 114 Å². The van der Waals surface area contributed by atoms with Crippen LogP contribution in [0, 0.1) is 0 Å². The summed E-state index contributed by atoms with van der Waals surface area (Å²) in [6.07, 6.45) is 0.450. The number of nitrogens with two attached hydrogens (primary N) is 1. The fourth-order valence-electron chi connectivity index (χ4n) is 7.04. The Bertz CT molecular complexity index is 4700. The number of aromatic nitrogens is 6. The van der Waals surface area contributed by atoms with Crippen LogP contribution in [0.15, 0.2) is 136 Å². The lowest BCUT2D eigenvalue weighted by atomic mass is 9.92. The average Bonchev–Trinajstić information content (AvgIpc) is 3.30. The van der Waals surface area contributed by atoms with Crippen molar-refractivity contribution in [1.82, 2.24) is 29.9 Å². The van der Waals surface area contributed by atoms with Crippen molar-refractivity contribution in [3.63, 3.8) is 0 Å². The topological polar surface area (TPSA) is 544 Å². The van der Waals surface area contributed by atoms with Crippen LogP contribution in [0.4, 0.5) is 69.3 Å². The first kappa shape index (κ1) is 59.8. The number of ketones is 1. The lowest BCUT2D eigenvalue weighted by Gasteiger charge is -2.20. The van der Waals surface area contributed by atoms with Crippen LogP contribution in [0.2, 0.25) is 10.6 Å². The molecule has 13 N–H and O–H groups in total. The molecule has 0 radical (unpaired) electrons. The number of halogens is 2. The number of carbonyl (C=O) groups is 1. The molecule has 0 fully saturated rings. The lowest BCUT2D eigenvalue weighted by molar-refractivity contribution is 0.106. The molecule has 2 aromatic heterocycles. The molecule has 428 valence electrons. The Morgan fingerprint density at radius 1 is 0.476 bits per heavy atom. The second kappa shape index (κ2) is 22.2. The van der Waals surface area contributed by atoms with Crippen LogP contribution >= 0.6 is 23.2 Å². The maximum atomic E-state index is 14.4. The Morgan fingerprint density at radius 3 is 1.35 bits per heavy atom. The highest BCUT2D eigenvalue weighted by molar-refractivity contribution is 7.91. The minimum absolute atomic E-state index is 0.0428. The van der Waals surface area contributed by atoms with E-state index in [1.165, 1.54) is 24.3 Å². The number of benzene rings is 5. The third kappa shape index (κ3) is 14.0. The monoisotopic (exact) mass is 1280 g/mol. The average molecular weight is 1290 g/mol. The first-order valence-electron chi connectivity index (χ1n) is 21.2. The summed E-state index contributed by atoms with van der Waals surface area (Å²) in [4.78, 5) is 32.3. The van der Waals surface area contributed by atoms with Gasteiger partial charge in [0.05, 0.1) is 26.7 Å². The van der Waals surface area contributed by atoms with Crippen molar-refractivity contribution in [2.24, 2.45) is 15.3 Å². The summed E-state index contributed by atoms with van der Waals surface area (Å²) in [6.45, 7) is 0. The fraction of sp³-hybridized carbons (Fsp3) is 0. The fourth-order valence-corrected chi connectivity index (χ4v) is 11.0. The summed E-state index contributed by atoms with van der Waals surface area (Å²) in [5.74, 6) is -2.99. The molecular weight excluding hydrogens is 1260 g/mol. The van der Waals surface area contributed by atoms with Crippen LogP contribution in [-0.4, -0.2) is 119 Å². The highest BCUT2D eigenvalue weighted by Crippen LogP contribution is 2.42. The van der Waals surface area contributed by atoms with Crippen LogP contribution in [0.25, 0.3) is 6.08 Å². The second-order valence-electron chi connectivity index (χ2n) is 16.0. The number of hydrogen-bond acceptors (Lipinski definition) is 28. The number of nitrogen functional groups attached to an aromatic ring is 1. The highest BCUT2D eigenvalue weighted by Gasteiger charge is 2.37. The largest absolute Gasteiger partial charge is 0.396 e. The molecule has 0 spiro atoms. The van der Waals surface area contributed by atoms with E-state index in [1.54, 1.807) is 0 Å². The molecule has 8 rings (SSSR count). The van der Waals surface area contributed by atoms with Crippen molar-refractivity contribution >= 4 is 171 Å². The van der Waals surface area contributed by atoms with Gasteiger partial charge in [-0.3, -0.25) is 37.5 Å². The van der Waals surface area contributed by atoms with Crippen LogP contribution in [0.3, 0.4) is 0 Å². The van der Waals surface area contributed by atoms with E-state index in [2.05, 4.69) is 71.9 Å². The van der Waals surface area contributed by atoms with E-state index >= 15 is 0 Å². The summed E-state index contributed by atoms with van der Waals surface area (Å²) in [5.41, 5.74) is 1.42. The molecule has 42 heteroatoms. The molecule has 34 nitrogen and oxygen atoms in total. The third-order valence-electron chi connectivity index (χ3n) is 10.4. The van der Waals surface area contributed by atoms with Crippen molar-refractivity contribution in [1.29, 1.82) is 0 Å². The van der Waals surface area contributed by atoms with E-state index in [0.29, 0.717) is 12.1 Å². The van der Waals surface area contributed by atoms with E-state index in [9.17, 15) is 82.6 Å². The standard InChI is InChI=1S/C40H29Cl2N15O19S6/c41-35-48-37(44-18-3-1-5-22(13-18)77(59,60)61)52-39(50-35)46-20-7-9-26(79(65,66)67)24(15-20)54-56-32-28(81(71,72)73)11-17-12-29(82(74,75)76)33(34(58)30(17)31(32)43)57-55-25-16-21(8-10-27(25)80(68,69)70)47-40-51-36(42)49-38(53-40)45-19-4-2-6-23(14-19)78(62,63)64/h1-16,55H,43H2,(H,59,60,61)(H,62,63,64)(H,65,66,67)(H,68,69,70)(H,71,72,73)(H,74,75,76)(H2,44,46,48,50,52)(H2,45,47,49,51,53). The number of nitrogens with one attached hydrogen (secondary N) is 5. The number of hydrazone groups is 1. The van der Waals surface area contributed by atoms with Crippen molar-refractivity contribution < 1.29 is 82.6 Å². The number of nitrogens with zero attached hydrogens (tertiary/aromatic N) is 9. The highest BCUT2D eigenvalue weighted by atomic mass is 35.5. The molecule has 2 heterocycles. The Kier molecular flexibility index (Phi) is 16.2. The van der Waals surface area contributed by atoms with Gasteiger partial charge in [0.2, 0.25) is 40.1 Å². The Morgan fingerprint density at radius 2 is 0.915 bits per heavy atom. The van der Waals surface area contributed by atoms with Gasteiger partial charge >= 0.3 is 0 Å². The van der Waals surface area contributed by atoms with Gasteiger partial charge in [-0.2, -0.15) is 85.5 Å². The van der Waals surface area contributed by atoms with E-state index in [-0.39, 0.29) is 46.5 Å². The minimum atomic E-state index is -5.60. The summed E-state index contributed by atoms with van der Waals surface area (Å²) in [6, 6.07) is 15.2. The number of Topliss-reactive ketones (excluding diaryl/α,β-unsaturated/α-hetero) is 1. The smallest absolute Gasteiger partial charge is 0.296 e. The number of rotatable bonds is 18. The molecule has 0 saturated carbocycles. The van der Waals surface area contributed by atoms with Crippen LogP contribution < -0.4 is 32.4 Å². The minimum Gasteiger partial charge on any atom is -0.396 e. The van der Waals surface area contributed by atoms with Crippen molar-refractivity contribution in [2.75, 3.05) is 32.4 Å². The first-order valence-corrected chi connectivity index (χ1v) is 30.6. The van der Waals surface area contributed by atoms with Gasteiger partial charge in [-0.1, -0.05) is 12.1 Å². The van der Waals surface area contributed by atoms with Gasteiger partial charge in [0.1, 0.15) is 31.0 Å². The lowest BCUT2D eigenvalue weighted by Crippen LogP contribution is -2.28. The molecule has 0 atom stereocenters. The van der Waals surface area contributed by atoms with E-state index < -0.39 is 146 Å². The molecular formula is C40H29Cl2N15O19S6. The number of hydrogen-bond donors (Lipinski definition) is 12. The van der Waals surface area contributed by atoms with Gasteiger partial charge in [0.25, 0.3) is 60.7 Å². The van der Waals surface area contributed by atoms with E-state index in [1.807, 2.05) is 0 Å². The summed E-state index contributed by atoms with van der Waals surface area (Å²) in [7, 11) is -30.9. The zero-order chi connectivity index (χ0) is 60.1. The normalized spacial score (nSPS) is 13.8. The summed E-state index contributed by atoms with van der Waals surface area (Å²) >= 11 is 12.2. The molecule has 1 aliphatic carbocycles. The molecule has 0 amide bonds. The van der Waals surface area contributed by atoms with Gasteiger partial charge in [-0.15, -0.1) is 10.2 Å². The van der Waals surface area contributed by atoms with Gasteiger partial charge in [0.15, 0.2) is 5.71 Å². The molecule has 0 saturated heterocycles. The van der Waals surface area contributed by atoms with Gasteiger partial charge in [0, 0.05) is 22.7 Å². The zero-order valence-electron chi connectivity index (χ0n) is 39.5. The van der Waals surface area contributed by atoms with E-state index in [0.717, 1.165) is 60.7 Å². The first-order chi connectivity index (χ1) is 38.0. The Balaban J connectivity index is 1.15. The van der Waals surface area contributed by atoms with Gasteiger partial charge in [-0.25, -0.2) is 0 Å². The van der Waals surface area contributed by atoms with Crippen molar-refractivity contribution in [2.45, 2.75) is 24.5 Å². The number of carbonyl (C=O) groups excluding carboxylic acids is 1.